The van der Waals surface area contributed by atoms with Crippen LogP contribution in [-0.2, 0) is 11.3 Å². The fourth-order valence-corrected chi connectivity index (χ4v) is 2.90. The van der Waals surface area contributed by atoms with Crippen LogP contribution in [0.5, 0.6) is 0 Å². The SMILES string of the molecule is CCn1c(=O)oc2cc(C(N)C3CCC(C)O3)ccc21. The van der Waals surface area contributed by atoms with Crippen molar-refractivity contribution < 1.29 is 9.15 Å². The standard InChI is InChI=1S/C15H20N2O3/c1-3-17-11-6-5-10(8-13(11)20-15(17)18)14(16)12-7-4-9(2)19-12/h5-6,8-9,12,14H,3-4,7,16H2,1-2H3. The Labute approximate surface area is 117 Å². The van der Waals surface area contributed by atoms with Crippen LogP contribution in [0.25, 0.3) is 11.1 Å². The van der Waals surface area contributed by atoms with E-state index in [1.165, 1.54) is 0 Å². The number of nitrogens with two attached hydrogens (primary N) is 1. The van der Waals surface area contributed by atoms with E-state index in [2.05, 4.69) is 6.92 Å². The fourth-order valence-electron chi connectivity index (χ4n) is 2.90. The third kappa shape index (κ3) is 2.17. The first-order valence-electron chi connectivity index (χ1n) is 7.14. The van der Waals surface area contributed by atoms with Gasteiger partial charge in [-0.15, -0.1) is 0 Å². The second-order valence-corrected chi connectivity index (χ2v) is 5.43. The summed E-state index contributed by atoms with van der Waals surface area (Å²) in [4.78, 5) is 11.7. The fraction of sp³-hybridized carbons (Fsp3) is 0.533. The molecule has 2 heterocycles. The van der Waals surface area contributed by atoms with Crippen LogP contribution in [0.4, 0.5) is 0 Å². The number of aromatic nitrogens is 1. The van der Waals surface area contributed by atoms with Gasteiger partial charge in [-0.3, -0.25) is 4.57 Å². The van der Waals surface area contributed by atoms with E-state index in [0.29, 0.717) is 12.1 Å². The van der Waals surface area contributed by atoms with E-state index in [1.54, 1.807) is 4.57 Å². The van der Waals surface area contributed by atoms with Gasteiger partial charge in [0.15, 0.2) is 5.58 Å². The van der Waals surface area contributed by atoms with Crippen molar-refractivity contribution in [3.05, 3.63) is 34.3 Å². The van der Waals surface area contributed by atoms with Crippen molar-refractivity contribution >= 4 is 11.1 Å². The molecule has 0 bridgehead atoms. The highest BCUT2D eigenvalue weighted by Gasteiger charge is 2.28. The number of hydrogen-bond acceptors (Lipinski definition) is 4. The van der Waals surface area contributed by atoms with Crippen LogP contribution in [0.2, 0.25) is 0 Å². The van der Waals surface area contributed by atoms with Crippen molar-refractivity contribution in [3.8, 4) is 0 Å². The third-order valence-electron chi connectivity index (χ3n) is 4.06. The Morgan fingerprint density at radius 3 is 2.90 bits per heavy atom. The summed E-state index contributed by atoms with van der Waals surface area (Å²) in [5, 5.41) is 0. The maximum absolute atomic E-state index is 11.7. The summed E-state index contributed by atoms with van der Waals surface area (Å²) < 4.78 is 12.7. The molecule has 1 fully saturated rings. The van der Waals surface area contributed by atoms with Gasteiger partial charge in [0.25, 0.3) is 0 Å². The number of rotatable bonds is 3. The van der Waals surface area contributed by atoms with Gasteiger partial charge in [-0.05, 0) is 44.4 Å². The molecule has 0 amide bonds. The Bertz CT molecular complexity index is 673. The van der Waals surface area contributed by atoms with Crippen LogP contribution in [0.3, 0.4) is 0 Å². The van der Waals surface area contributed by atoms with E-state index in [1.807, 2.05) is 25.1 Å². The Balaban J connectivity index is 1.95. The van der Waals surface area contributed by atoms with Gasteiger partial charge in [0.05, 0.1) is 23.8 Å². The van der Waals surface area contributed by atoms with Gasteiger partial charge >= 0.3 is 5.76 Å². The molecule has 0 radical (unpaired) electrons. The Hall–Kier alpha value is -1.59. The number of hydrogen-bond donors (Lipinski definition) is 1. The number of oxazole rings is 1. The lowest BCUT2D eigenvalue weighted by atomic mass is 10.00. The van der Waals surface area contributed by atoms with E-state index in [4.69, 9.17) is 14.9 Å². The molecule has 108 valence electrons. The molecule has 1 aromatic carbocycles. The molecule has 2 N–H and O–H groups in total. The van der Waals surface area contributed by atoms with E-state index in [0.717, 1.165) is 23.9 Å². The molecule has 3 unspecified atom stereocenters. The van der Waals surface area contributed by atoms with Crippen molar-refractivity contribution in [3.63, 3.8) is 0 Å². The molecular weight excluding hydrogens is 256 g/mol. The van der Waals surface area contributed by atoms with Crippen LogP contribution in [-0.4, -0.2) is 16.8 Å². The average Bonchev–Trinajstić information content (AvgIpc) is 2.99. The van der Waals surface area contributed by atoms with Gasteiger partial charge in [0.1, 0.15) is 0 Å². The number of ether oxygens (including phenoxy) is 1. The van der Waals surface area contributed by atoms with Crippen molar-refractivity contribution in [1.29, 1.82) is 0 Å². The maximum atomic E-state index is 11.7. The molecule has 20 heavy (non-hydrogen) atoms. The summed E-state index contributed by atoms with van der Waals surface area (Å²) in [6.07, 6.45) is 2.33. The van der Waals surface area contributed by atoms with E-state index in [-0.39, 0.29) is 24.0 Å². The Kier molecular flexibility index (Phi) is 3.40. The predicted octanol–water partition coefficient (Wildman–Crippen LogP) is 2.18. The summed E-state index contributed by atoms with van der Waals surface area (Å²) in [5.74, 6) is -0.320. The van der Waals surface area contributed by atoms with Crippen LogP contribution in [0, 0.1) is 0 Å². The zero-order chi connectivity index (χ0) is 14.3. The molecule has 3 rings (SSSR count). The summed E-state index contributed by atoms with van der Waals surface area (Å²) in [6.45, 7) is 4.58. The molecule has 1 aliphatic rings. The van der Waals surface area contributed by atoms with Crippen molar-refractivity contribution in [2.75, 3.05) is 0 Å². The number of aryl methyl sites for hydroxylation is 1. The number of benzene rings is 1. The normalized spacial score (nSPS) is 24.4. The molecule has 3 atom stereocenters. The van der Waals surface area contributed by atoms with Gasteiger partial charge in [0, 0.05) is 6.54 Å². The van der Waals surface area contributed by atoms with Gasteiger partial charge in [-0.1, -0.05) is 6.07 Å². The molecule has 5 nitrogen and oxygen atoms in total. The quantitative estimate of drug-likeness (QED) is 0.932. The second-order valence-electron chi connectivity index (χ2n) is 5.43. The highest BCUT2D eigenvalue weighted by atomic mass is 16.5. The first-order chi connectivity index (χ1) is 9.60. The molecule has 0 aliphatic carbocycles. The van der Waals surface area contributed by atoms with Gasteiger partial charge in [-0.2, -0.15) is 0 Å². The minimum atomic E-state index is -0.320. The van der Waals surface area contributed by atoms with E-state index in [9.17, 15) is 4.79 Å². The smallest absolute Gasteiger partial charge is 0.408 e. The summed E-state index contributed by atoms with van der Waals surface area (Å²) in [6, 6.07) is 5.54. The summed E-state index contributed by atoms with van der Waals surface area (Å²) in [7, 11) is 0. The molecule has 0 saturated carbocycles. The average molecular weight is 276 g/mol. The lowest BCUT2D eigenvalue weighted by Gasteiger charge is -2.19. The first-order valence-corrected chi connectivity index (χ1v) is 7.14. The summed E-state index contributed by atoms with van der Waals surface area (Å²) >= 11 is 0. The molecule has 5 heteroatoms. The first kappa shape index (κ1) is 13.4. The van der Waals surface area contributed by atoms with E-state index < -0.39 is 0 Å². The van der Waals surface area contributed by atoms with E-state index >= 15 is 0 Å². The predicted molar refractivity (Wildman–Crippen MR) is 76.6 cm³/mol. The lowest BCUT2D eigenvalue weighted by Crippen LogP contribution is -2.26. The third-order valence-corrected chi connectivity index (χ3v) is 4.06. The topological polar surface area (TPSA) is 70.4 Å². The molecule has 1 aromatic heterocycles. The van der Waals surface area contributed by atoms with Gasteiger partial charge < -0.3 is 14.9 Å². The van der Waals surface area contributed by atoms with Crippen LogP contribution in [0.1, 0.15) is 38.3 Å². The van der Waals surface area contributed by atoms with Crippen molar-refractivity contribution in [1.82, 2.24) is 4.57 Å². The zero-order valence-electron chi connectivity index (χ0n) is 11.8. The van der Waals surface area contributed by atoms with Crippen LogP contribution < -0.4 is 11.5 Å². The van der Waals surface area contributed by atoms with Crippen LogP contribution >= 0.6 is 0 Å². The largest absolute Gasteiger partial charge is 0.419 e. The monoisotopic (exact) mass is 276 g/mol. The molecular formula is C15H20N2O3. The molecule has 1 saturated heterocycles. The van der Waals surface area contributed by atoms with Gasteiger partial charge in [-0.25, -0.2) is 4.79 Å². The second kappa shape index (κ2) is 5.07. The molecule has 2 aromatic rings. The number of nitrogens with zero attached hydrogens (tertiary/aromatic N) is 1. The Morgan fingerprint density at radius 1 is 1.45 bits per heavy atom. The minimum absolute atomic E-state index is 0.0439. The highest BCUT2D eigenvalue weighted by molar-refractivity contribution is 5.74. The zero-order valence-corrected chi connectivity index (χ0v) is 11.8. The van der Waals surface area contributed by atoms with Crippen molar-refractivity contribution in [2.24, 2.45) is 5.73 Å². The Morgan fingerprint density at radius 2 is 2.25 bits per heavy atom. The van der Waals surface area contributed by atoms with Gasteiger partial charge in [0.2, 0.25) is 0 Å². The van der Waals surface area contributed by atoms with Crippen molar-refractivity contribution in [2.45, 2.75) is 51.5 Å². The maximum Gasteiger partial charge on any atom is 0.419 e. The number of fused-ring (bicyclic) bond motifs is 1. The minimum Gasteiger partial charge on any atom is -0.408 e. The molecule has 0 spiro atoms. The van der Waals surface area contributed by atoms with Crippen LogP contribution in [0.15, 0.2) is 27.4 Å². The summed E-state index contributed by atoms with van der Waals surface area (Å²) in [5.41, 5.74) is 8.64. The molecule has 1 aliphatic heterocycles. The lowest BCUT2D eigenvalue weighted by molar-refractivity contribution is 0.0401. The highest BCUT2D eigenvalue weighted by Crippen LogP contribution is 2.29.